The second-order valence-electron chi connectivity index (χ2n) is 4.37. The van der Waals surface area contributed by atoms with Gasteiger partial charge in [-0.2, -0.15) is 4.74 Å². The van der Waals surface area contributed by atoms with Crippen LogP contribution in [-0.4, -0.2) is 17.1 Å². The van der Waals surface area contributed by atoms with Crippen molar-refractivity contribution in [3.63, 3.8) is 0 Å². The van der Waals surface area contributed by atoms with E-state index < -0.39 is 0 Å². The van der Waals surface area contributed by atoms with Crippen LogP contribution in [0.1, 0.15) is 11.1 Å². The average molecular weight is 239 g/mol. The van der Waals surface area contributed by atoms with E-state index >= 15 is 0 Å². The minimum absolute atomic E-state index is 0.309. The molecule has 1 aliphatic rings. The van der Waals surface area contributed by atoms with Crippen molar-refractivity contribution in [3.05, 3.63) is 64.9 Å². The van der Waals surface area contributed by atoms with Crippen LogP contribution in [0.25, 0.3) is 0 Å². The zero-order chi connectivity index (χ0) is 12.5. The van der Waals surface area contributed by atoms with Crippen LogP contribution < -0.4 is 4.74 Å². The van der Waals surface area contributed by atoms with Crippen LogP contribution >= 0.6 is 0 Å². The normalized spacial score (nSPS) is 14.1. The lowest BCUT2D eigenvalue weighted by molar-refractivity contribution is -0.367. The van der Waals surface area contributed by atoms with Gasteiger partial charge >= 0.3 is 0 Å². The molecule has 18 heavy (non-hydrogen) atoms. The van der Waals surface area contributed by atoms with Crippen molar-refractivity contribution in [1.82, 2.24) is 0 Å². The standard InChI is InChI=1S/C15H13NO2/c1-11-7-8-15-13(9-11)16(17)14(10-18-15)12-5-3-2-4-6-12/h2-9H,10H2,1H3. The Kier molecular flexibility index (Phi) is 2.52. The highest BCUT2D eigenvalue weighted by Gasteiger charge is 2.25. The molecule has 3 heteroatoms. The molecule has 0 unspecified atom stereocenters. The maximum Gasteiger partial charge on any atom is 0.259 e. The SMILES string of the molecule is Cc1ccc2c(c1)[N+]([O-])=C(c1ccccc1)CO2. The summed E-state index contributed by atoms with van der Waals surface area (Å²) in [7, 11) is 0. The molecule has 0 spiro atoms. The first-order chi connectivity index (χ1) is 8.75. The summed E-state index contributed by atoms with van der Waals surface area (Å²) < 4.78 is 6.61. The van der Waals surface area contributed by atoms with E-state index in [-0.39, 0.29) is 0 Å². The number of hydrogen-bond acceptors (Lipinski definition) is 2. The van der Waals surface area contributed by atoms with Gasteiger partial charge in [0.2, 0.25) is 5.71 Å². The minimum atomic E-state index is 0.309. The molecule has 0 bridgehead atoms. The Balaban J connectivity index is 2.15. The lowest BCUT2D eigenvalue weighted by Gasteiger charge is -2.19. The largest absolute Gasteiger partial charge is 0.618 e. The summed E-state index contributed by atoms with van der Waals surface area (Å²) in [4.78, 5) is 0. The zero-order valence-corrected chi connectivity index (χ0v) is 10.1. The Morgan fingerprint density at radius 3 is 2.67 bits per heavy atom. The van der Waals surface area contributed by atoms with Crippen molar-refractivity contribution < 1.29 is 9.48 Å². The molecular weight excluding hydrogens is 226 g/mol. The molecule has 0 saturated carbocycles. The summed E-state index contributed by atoms with van der Waals surface area (Å²) in [5.74, 6) is 0.648. The summed E-state index contributed by atoms with van der Waals surface area (Å²) in [6.07, 6.45) is 0. The number of hydrogen-bond donors (Lipinski definition) is 0. The predicted octanol–water partition coefficient (Wildman–Crippen LogP) is 3.02. The van der Waals surface area contributed by atoms with Crippen molar-refractivity contribution >= 4 is 11.4 Å². The summed E-state index contributed by atoms with van der Waals surface area (Å²) in [5.41, 5.74) is 3.18. The topological polar surface area (TPSA) is 35.3 Å². The van der Waals surface area contributed by atoms with Gasteiger partial charge in [0.05, 0.1) is 0 Å². The molecule has 3 nitrogen and oxygen atoms in total. The number of ether oxygens (including phenoxy) is 1. The first-order valence-electron chi connectivity index (χ1n) is 5.87. The summed E-state index contributed by atoms with van der Waals surface area (Å²) in [6, 6.07) is 15.3. The first kappa shape index (κ1) is 10.8. The lowest BCUT2D eigenvalue weighted by atomic mass is 10.1. The number of rotatable bonds is 1. The van der Waals surface area contributed by atoms with Gasteiger partial charge in [-0.3, -0.25) is 0 Å². The molecular formula is C15H13NO2. The molecule has 2 aromatic carbocycles. The molecule has 0 aliphatic carbocycles. The van der Waals surface area contributed by atoms with Gasteiger partial charge in [0.15, 0.2) is 12.4 Å². The third kappa shape index (κ3) is 1.74. The van der Waals surface area contributed by atoms with E-state index in [1.165, 1.54) is 0 Å². The van der Waals surface area contributed by atoms with Gasteiger partial charge in [0.1, 0.15) is 0 Å². The minimum Gasteiger partial charge on any atom is -0.618 e. The van der Waals surface area contributed by atoms with Gasteiger partial charge in [0, 0.05) is 11.6 Å². The van der Waals surface area contributed by atoms with Gasteiger partial charge in [0.25, 0.3) is 5.69 Å². The van der Waals surface area contributed by atoms with Crippen molar-refractivity contribution in [1.29, 1.82) is 0 Å². The van der Waals surface area contributed by atoms with Crippen LogP contribution in [0.3, 0.4) is 0 Å². The van der Waals surface area contributed by atoms with Gasteiger partial charge < -0.3 is 9.94 Å². The van der Waals surface area contributed by atoms with Crippen LogP contribution in [-0.2, 0) is 0 Å². The Morgan fingerprint density at radius 1 is 1.11 bits per heavy atom. The summed E-state index contributed by atoms with van der Waals surface area (Å²) >= 11 is 0. The maximum absolute atomic E-state index is 12.4. The molecule has 0 fully saturated rings. The maximum atomic E-state index is 12.4. The molecule has 1 heterocycles. The number of fused-ring (bicyclic) bond motifs is 1. The Bertz CT molecular complexity index is 618. The number of aryl methyl sites for hydroxylation is 1. The fraction of sp³-hybridized carbons (Fsp3) is 0.133. The number of nitrogens with zero attached hydrogens (tertiary/aromatic N) is 1. The van der Waals surface area contributed by atoms with Crippen LogP contribution in [0, 0.1) is 12.1 Å². The second-order valence-corrected chi connectivity index (χ2v) is 4.37. The van der Waals surface area contributed by atoms with E-state index in [0.29, 0.717) is 23.8 Å². The highest BCUT2D eigenvalue weighted by molar-refractivity contribution is 5.99. The Labute approximate surface area is 106 Å². The van der Waals surface area contributed by atoms with Crippen LogP contribution in [0.2, 0.25) is 0 Å². The van der Waals surface area contributed by atoms with Crippen LogP contribution in [0.15, 0.2) is 48.5 Å². The molecule has 1 aliphatic heterocycles. The molecule has 3 rings (SSSR count). The summed E-state index contributed by atoms with van der Waals surface area (Å²) in [5, 5.41) is 12.4. The fourth-order valence-corrected chi connectivity index (χ4v) is 2.09. The van der Waals surface area contributed by atoms with E-state index in [1.807, 2.05) is 55.5 Å². The van der Waals surface area contributed by atoms with Gasteiger partial charge in [-0.25, -0.2) is 0 Å². The van der Waals surface area contributed by atoms with Gasteiger partial charge in [-0.15, -0.1) is 0 Å². The van der Waals surface area contributed by atoms with Crippen LogP contribution in [0.4, 0.5) is 5.69 Å². The van der Waals surface area contributed by atoms with Gasteiger partial charge in [-0.1, -0.05) is 24.3 Å². The zero-order valence-electron chi connectivity index (χ0n) is 10.1. The molecule has 0 radical (unpaired) electrons. The highest BCUT2D eigenvalue weighted by Crippen LogP contribution is 2.31. The lowest BCUT2D eigenvalue weighted by Crippen LogP contribution is -2.25. The smallest absolute Gasteiger partial charge is 0.259 e. The van der Waals surface area contributed by atoms with E-state index in [1.54, 1.807) is 0 Å². The molecule has 0 saturated heterocycles. The van der Waals surface area contributed by atoms with Crippen molar-refractivity contribution in [2.45, 2.75) is 6.92 Å². The third-order valence-corrected chi connectivity index (χ3v) is 3.05. The second kappa shape index (κ2) is 4.18. The molecule has 0 N–H and O–H groups in total. The van der Waals surface area contributed by atoms with Crippen molar-refractivity contribution in [2.75, 3.05) is 6.61 Å². The van der Waals surface area contributed by atoms with E-state index in [0.717, 1.165) is 15.9 Å². The summed E-state index contributed by atoms with van der Waals surface area (Å²) in [6.45, 7) is 2.27. The molecule has 0 atom stereocenters. The fourth-order valence-electron chi connectivity index (χ4n) is 2.09. The third-order valence-electron chi connectivity index (χ3n) is 3.05. The number of benzene rings is 2. The predicted molar refractivity (Wildman–Crippen MR) is 70.5 cm³/mol. The van der Waals surface area contributed by atoms with Crippen molar-refractivity contribution in [3.8, 4) is 5.75 Å². The Morgan fingerprint density at radius 2 is 1.89 bits per heavy atom. The highest BCUT2D eigenvalue weighted by atomic mass is 16.5. The van der Waals surface area contributed by atoms with E-state index in [2.05, 4.69) is 0 Å². The Hall–Kier alpha value is -2.29. The quantitative estimate of drug-likeness (QED) is 0.566. The molecule has 90 valence electrons. The molecule has 0 aromatic heterocycles. The molecule has 0 amide bonds. The molecule has 2 aromatic rings. The first-order valence-corrected chi connectivity index (χ1v) is 5.87. The average Bonchev–Trinajstić information content (AvgIpc) is 2.41. The monoisotopic (exact) mass is 239 g/mol. The van der Waals surface area contributed by atoms with Crippen molar-refractivity contribution in [2.24, 2.45) is 0 Å². The van der Waals surface area contributed by atoms with Gasteiger partial charge in [-0.05, 0) is 30.7 Å². The van der Waals surface area contributed by atoms with E-state index in [9.17, 15) is 5.21 Å². The van der Waals surface area contributed by atoms with E-state index in [4.69, 9.17) is 4.74 Å². The van der Waals surface area contributed by atoms with Crippen LogP contribution in [0.5, 0.6) is 5.75 Å².